The normalized spacial score (nSPS) is 14.5. The van der Waals surface area contributed by atoms with E-state index in [1.54, 1.807) is 61.5 Å². The lowest BCUT2D eigenvalue weighted by molar-refractivity contribution is -0.139. The first-order chi connectivity index (χ1) is 19.1. The number of halogens is 3. The third-order valence-corrected chi connectivity index (χ3v) is 9.77. The van der Waals surface area contributed by atoms with E-state index in [9.17, 15) is 18.0 Å². The van der Waals surface area contributed by atoms with E-state index in [2.05, 4.69) is 5.32 Å². The smallest absolute Gasteiger partial charge is 0.264 e. The van der Waals surface area contributed by atoms with Crippen molar-refractivity contribution in [1.29, 1.82) is 0 Å². The maximum Gasteiger partial charge on any atom is 0.264 e. The molecule has 0 aromatic heterocycles. The predicted octanol–water partition coefficient (Wildman–Crippen LogP) is 6.32. The Bertz CT molecular complexity index is 1460. The molecule has 1 saturated carbocycles. The van der Waals surface area contributed by atoms with Gasteiger partial charge >= 0.3 is 0 Å². The summed E-state index contributed by atoms with van der Waals surface area (Å²) in [5.74, 6) is -0.893. The van der Waals surface area contributed by atoms with Crippen LogP contribution >= 0.6 is 34.8 Å². The highest BCUT2D eigenvalue weighted by atomic mass is 35.5. The second-order valence-electron chi connectivity index (χ2n) is 9.71. The topological polar surface area (TPSA) is 86.8 Å². The second kappa shape index (κ2) is 13.3. The average Bonchev–Trinajstić information content (AvgIpc) is 3.45. The minimum atomic E-state index is -4.19. The summed E-state index contributed by atoms with van der Waals surface area (Å²) in [5, 5.41) is 3.86. The molecule has 212 valence electrons. The summed E-state index contributed by atoms with van der Waals surface area (Å²) in [4.78, 5) is 28.6. The maximum absolute atomic E-state index is 14.0. The molecule has 0 bridgehead atoms. The number of amides is 2. The van der Waals surface area contributed by atoms with Gasteiger partial charge in [0, 0.05) is 12.6 Å². The van der Waals surface area contributed by atoms with Crippen LogP contribution in [0.25, 0.3) is 0 Å². The van der Waals surface area contributed by atoms with Crippen LogP contribution in [-0.4, -0.2) is 43.8 Å². The van der Waals surface area contributed by atoms with Crippen molar-refractivity contribution in [3.05, 3.63) is 93.4 Å². The van der Waals surface area contributed by atoms with E-state index in [0.717, 1.165) is 30.0 Å². The van der Waals surface area contributed by atoms with Crippen molar-refractivity contribution in [3.63, 3.8) is 0 Å². The minimum Gasteiger partial charge on any atom is -0.352 e. The van der Waals surface area contributed by atoms with Crippen LogP contribution in [0, 0.1) is 0 Å². The molecule has 3 aromatic carbocycles. The molecule has 7 nitrogen and oxygen atoms in total. The lowest BCUT2D eigenvalue weighted by atomic mass is 10.1. The summed E-state index contributed by atoms with van der Waals surface area (Å²) in [6.07, 6.45) is 3.84. The summed E-state index contributed by atoms with van der Waals surface area (Å²) in [5.41, 5.74) is 0.789. The molecule has 1 N–H and O–H groups in total. The summed E-state index contributed by atoms with van der Waals surface area (Å²) in [6.45, 7) is 1.06. The minimum absolute atomic E-state index is 0.00535. The van der Waals surface area contributed by atoms with Gasteiger partial charge in [-0.2, -0.15) is 0 Å². The van der Waals surface area contributed by atoms with E-state index in [1.165, 1.54) is 23.1 Å². The van der Waals surface area contributed by atoms with Gasteiger partial charge in [-0.15, -0.1) is 0 Å². The van der Waals surface area contributed by atoms with E-state index >= 15 is 0 Å². The number of hydrogen-bond donors (Lipinski definition) is 1. The second-order valence-corrected chi connectivity index (χ2v) is 12.8. The quantitative estimate of drug-likeness (QED) is 0.287. The Morgan fingerprint density at radius 1 is 0.900 bits per heavy atom. The number of hydrogen-bond acceptors (Lipinski definition) is 4. The zero-order valence-corrected chi connectivity index (χ0v) is 25.0. The van der Waals surface area contributed by atoms with Crippen LogP contribution < -0.4 is 9.62 Å². The van der Waals surface area contributed by atoms with Crippen molar-refractivity contribution >= 4 is 62.3 Å². The van der Waals surface area contributed by atoms with Crippen molar-refractivity contribution in [2.45, 2.75) is 56.1 Å². The molecule has 0 radical (unpaired) electrons. The van der Waals surface area contributed by atoms with Crippen LogP contribution in [0.4, 0.5) is 5.69 Å². The van der Waals surface area contributed by atoms with Gasteiger partial charge in [-0.3, -0.25) is 13.9 Å². The number of rotatable bonds is 10. The van der Waals surface area contributed by atoms with E-state index in [0.29, 0.717) is 15.6 Å². The summed E-state index contributed by atoms with van der Waals surface area (Å²) in [7, 11) is -4.19. The van der Waals surface area contributed by atoms with E-state index in [4.69, 9.17) is 34.8 Å². The van der Waals surface area contributed by atoms with Crippen LogP contribution in [0.15, 0.2) is 77.7 Å². The lowest BCUT2D eigenvalue weighted by Crippen LogP contribution is -2.52. The number of carbonyl (C=O) groups is 2. The molecular formula is C29H30Cl3N3O4S. The number of benzene rings is 3. The molecule has 0 spiro atoms. The Labute approximate surface area is 250 Å². The fourth-order valence-electron chi connectivity index (χ4n) is 4.70. The number of sulfonamides is 1. The number of nitrogens with one attached hydrogen (secondary N) is 1. The SMILES string of the molecule is C[C@@H](C(=O)NC1CCCC1)N(Cc1ccc(Cl)c(Cl)c1)C(=O)CN(c1ccccc1Cl)S(=O)(=O)c1ccccc1. The molecule has 0 saturated heterocycles. The first-order valence-corrected chi connectivity index (χ1v) is 15.5. The summed E-state index contributed by atoms with van der Waals surface area (Å²) >= 11 is 18.7. The highest BCUT2D eigenvalue weighted by Gasteiger charge is 2.34. The monoisotopic (exact) mass is 621 g/mol. The Hall–Kier alpha value is -2.78. The molecule has 0 heterocycles. The Morgan fingerprint density at radius 3 is 2.20 bits per heavy atom. The van der Waals surface area contributed by atoms with Crippen molar-refractivity contribution < 1.29 is 18.0 Å². The van der Waals surface area contributed by atoms with Crippen molar-refractivity contribution in [2.75, 3.05) is 10.8 Å². The van der Waals surface area contributed by atoms with E-state index in [1.807, 2.05) is 0 Å². The highest BCUT2D eigenvalue weighted by Crippen LogP contribution is 2.31. The van der Waals surface area contributed by atoms with Crippen LogP contribution in [0.5, 0.6) is 0 Å². The largest absolute Gasteiger partial charge is 0.352 e. The standard InChI is InChI=1S/C29H30Cl3N3O4S/c1-20(29(37)33-22-9-5-6-10-22)34(18-21-15-16-24(30)26(32)17-21)28(36)19-35(27-14-8-7-13-25(27)31)40(38,39)23-11-3-2-4-12-23/h2-4,7-8,11-17,20,22H,5-6,9-10,18-19H2,1H3,(H,33,37)/t20-/m0/s1. The van der Waals surface area contributed by atoms with E-state index < -0.39 is 28.5 Å². The third-order valence-electron chi connectivity index (χ3n) is 6.94. The Kier molecular flexibility index (Phi) is 10.0. The molecule has 1 atom stereocenters. The molecule has 4 rings (SSSR count). The Morgan fingerprint density at radius 2 is 1.55 bits per heavy atom. The molecule has 0 aliphatic heterocycles. The van der Waals surface area contributed by atoms with Crippen LogP contribution in [-0.2, 0) is 26.2 Å². The van der Waals surface area contributed by atoms with E-state index in [-0.39, 0.29) is 34.1 Å². The molecule has 0 unspecified atom stereocenters. The van der Waals surface area contributed by atoms with Gasteiger partial charge in [0.05, 0.1) is 25.7 Å². The van der Waals surface area contributed by atoms with Gasteiger partial charge in [-0.25, -0.2) is 8.42 Å². The number of carbonyl (C=O) groups excluding carboxylic acids is 2. The molecule has 2 amide bonds. The van der Waals surface area contributed by atoms with Gasteiger partial charge in [0.1, 0.15) is 12.6 Å². The van der Waals surface area contributed by atoms with Crippen LogP contribution in [0.2, 0.25) is 15.1 Å². The van der Waals surface area contributed by atoms with Crippen LogP contribution in [0.3, 0.4) is 0 Å². The zero-order valence-electron chi connectivity index (χ0n) is 21.9. The van der Waals surface area contributed by atoms with Crippen molar-refractivity contribution in [3.8, 4) is 0 Å². The first kappa shape index (κ1) is 30.2. The summed E-state index contributed by atoms with van der Waals surface area (Å²) < 4.78 is 28.6. The molecule has 1 fully saturated rings. The van der Waals surface area contributed by atoms with Gasteiger partial charge in [0.25, 0.3) is 10.0 Å². The average molecular weight is 623 g/mol. The van der Waals surface area contributed by atoms with Gasteiger partial charge in [0.2, 0.25) is 11.8 Å². The third kappa shape index (κ3) is 7.10. The highest BCUT2D eigenvalue weighted by molar-refractivity contribution is 7.92. The molecule has 3 aromatic rings. The van der Waals surface area contributed by atoms with Gasteiger partial charge < -0.3 is 10.2 Å². The fourth-order valence-corrected chi connectivity index (χ4v) is 6.76. The van der Waals surface area contributed by atoms with Gasteiger partial charge in [-0.05, 0) is 61.7 Å². The summed E-state index contributed by atoms with van der Waals surface area (Å²) in [6, 6.07) is 18.3. The molecule has 40 heavy (non-hydrogen) atoms. The molecule has 1 aliphatic rings. The predicted molar refractivity (Wildman–Crippen MR) is 159 cm³/mol. The Balaban J connectivity index is 1.70. The molecule has 1 aliphatic carbocycles. The zero-order chi connectivity index (χ0) is 28.9. The van der Waals surface area contributed by atoms with Crippen molar-refractivity contribution in [1.82, 2.24) is 10.2 Å². The maximum atomic E-state index is 14.0. The van der Waals surface area contributed by atoms with Gasteiger partial charge in [-0.1, -0.05) is 84.0 Å². The number of para-hydroxylation sites is 1. The fraction of sp³-hybridized carbons (Fsp3) is 0.310. The van der Waals surface area contributed by atoms with Gasteiger partial charge in [0.15, 0.2) is 0 Å². The molecule has 11 heteroatoms. The molecular weight excluding hydrogens is 593 g/mol. The first-order valence-electron chi connectivity index (χ1n) is 12.9. The van der Waals surface area contributed by atoms with Crippen molar-refractivity contribution in [2.24, 2.45) is 0 Å². The van der Waals surface area contributed by atoms with Crippen LogP contribution in [0.1, 0.15) is 38.2 Å². The number of anilines is 1. The lowest BCUT2D eigenvalue weighted by Gasteiger charge is -2.32. The number of nitrogens with zero attached hydrogens (tertiary/aromatic N) is 2.